The van der Waals surface area contributed by atoms with E-state index < -0.39 is 18.4 Å². The standard InChI is InChI=1S/C16H29N5O4S/c1-2-3-4-5-6-7-17-15(26)19-14-18-10-21(16(24)20-14)13-8-11(23)12(9-22)25-13/h11-13,22-23H,2-10H2,1H3,(H3,17,18,19,20,24,26). The highest BCUT2D eigenvalue weighted by Crippen LogP contribution is 2.23. The maximum atomic E-state index is 12.2. The van der Waals surface area contributed by atoms with Gasteiger partial charge in [-0.25, -0.2) is 9.79 Å². The maximum Gasteiger partial charge on any atom is 0.327 e. The number of rotatable bonds is 8. The van der Waals surface area contributed by atoms with Crippen LogP contribution < -0.4 is 16.0 Å². The van der Waals surface area contributed by atoms with Gasteiger partial charge in [0.15, 0.2) is 5.11 Å². The van der Waals surface area contributed by atoms with Crippen LogP contribution in [-0.2, 0) is 4.74 Å². The fourth-order valence-corrected chi connectivity index (χ4v) is 3.07. The number of ether oxygens (including phenoxy) is 1. The fraction of sp³-hybridized carbons (Fsp3) is 0.812. The van der Waals surface area contributed by atoms with E-state index in [1.807, 2.05) is 0 Å². The molecule has 0 aromatic rings. The van der Waals surface area contributed by atoms with Crippen LogP contribution in [0.25, 0.3) is 0 Å². The Hall–Kier alpha value is -1.49. The first-order chi connectivity index (χ1) is 12.5. The third-order valence-electron chi connectivity index (χ3n) is 4.40. The quantitative estimate of drug-likeness (QED) is 0.299. The van der Waals surface area contributed by atoms with Gasteiger partial charge >= 0.3 is 6.03 Å². The zero-order valence-electron chi connectivity index (χ0n) is 15.1. The summed E-state index contributed by atoms with van der Waals surface area (Å²) in [4.78, 5) is 17.8. The van der Waals surface area contributed by atoms with Gasteiger partial charge in [-0.15, -0.1) is 0 Å². The molecule has 2 heterocycles. The van der Waals surface area contributed by atoms with Crippen LogP contribution >= 0.6 is 12.2 Å². The lowest BCUT2D eigenvalue weighted by Gasteiger charge is -2.30. The van der Waals surface area contributed by atoms with E-state index in [2.05, 4.69) is 27.9 Å². The number of guanidine groups is 1. The first-order valence-corrected chi connectivity index (χ1v) is 9.57. The summed E-state index contributed by atoms with van der Waals surface area (Å²) in [6, 6.07) is -0.388. The van der Waals surface area contributed by atoms with Gasteiger partial charge in [0.25, 0.3) is 0 Å². The number of aliphatic hydroxyl groups is 2. The largest absolute Gasteiger partial charge is 0.394 e. The molecule has 0 aromatic heterocycles. The molecule has 2 rings (SSSR count). The lowest BCUT2D eigenvalue weighted by molar-refractivity contribution is -0.0637. The van der Waals surface area contributed by atoms with Crippen molar-refractivity contribution in [1.82, 2.24) is 20.9 Å². The van der Waals surface area contributed by atoms with Crippen LogP contribution in [0, 0.1) is 0 Å². The Bertz CT molecular complexity index is 519. The second kappa shape index (κ2) is 10.6. The van der Waals surface area contributed by atoms with Gasteiger partial charge in [0.05, 0.1) is 12.7 Å². The van der Waals surface area contributed by atoms with Crippen LogP contribution in [0.15, 0.2) is 4.99 Å². The van der Waals surface area contributed by atoms with Crippen LogP contribution in [0.1, 0.15) is 45.4 Å². The Kier molecular flexibility index (Phi) is 8.49. The van der Waals surface area contributed by atoms with E-state index in [0.717, 1.165) is 19.4 Å². The van der Waals surface area contributed by atoms with E-state index in [1.165, 1.54) is 24.2 Å². The Balaban J connectivity index is 1.71. The van der Waals surface area contributed by atoms with Crippen molar-refractivity contribution in [1.29, 1.82) is 0 Å². The Morgan fingerprint density at radius 1 is 1.42 bits per heavy atom. The third kappa shape index (κ3) is 6.04. The number of hydrogen-bond donors (Lipinski definition) is 5. The summed E-state index contributed by atoms with van der Waals surface area (Å²) >= 11 is 5.20. The summed E-state index contributed by atoms with van der Waals surface area (Å²) in [6.07, 6.45) is 4.07. The minimum absolute atomic E-state index is 0.0866. The van der Waals surface area contributed by atoms with Crippen molar-refractivity contribution in [3.63, 3.8) is 0 Å². The van der Waals surface area contributed by atoms with Crippen molar-refractivity contribution in [2.45, 2.75) is 63.9 Å². The lowest BCUT2D eigenvalue weighted by Crippen LogP contribution is -2.57. The Labute approximate surface area is 159 Å². The van der Waals surface area contributed by atoms with E-state index in [9.17, 15) is 9.90 Å². The van der Waals surface area contributed by atoms with E-state index in [-0.39, 0.29) is 31.7 Å². The van der Waals surface area contributed by atoms with Crippen LogP contribution in [0.3, 0.4) is 0 Å². The smallest absolute Gasteiger partial charge is 0.327 e. The first kappa shape index (κ1) is 20.8. The summed E-state index contributed by atoms with van der Waals surface area (Å²) in [5, 5.41) is 27.9. The number of aliphatic imine (C=N–C) groups is 1. The van der Waals surface area contributed by atoms with Gasteiger partial charge in [-0.1, -0.05) is 32.6 Å². The number of amides is 2. The Morgan fingerprint density at radius 3 is 2.85 bits per heavy atom. The molecule has 5 N–H and O–H groups in total. The molecule has 2 aliphatic rings. The van der Waals surface area contributed by atoms with Crippen molar-refractivity contribution >= 4 is 29.3 Å². The van der Waals surface area contributed by atoms with Gasteiger partial charge in [-0.2, -0.15) is 0 Å². The van der Waals surface area contributed by atoms with Gasteiger partial charge < -0.3 is 25.6 Å². The molecule has 1 saturated heterocycles. The number of nitrogens with one attached hydrogen (secondary N) is 3. The van der Waals surface area contributed by atoms with Gasteiger partial charge in [0.1, 0.15) is 19.0 Å². The molecule has 9 nitrogen and oxygen atoms in total. The van der Waals surface area contributed by atoms with Gasteiger partial charge in [0.2, 0.25) is 5.96 Å². The highest BCUT2D eigenvalue weighted by molar-refractivity contribution is 7.80. The van der Waals surface area contributed by atoms with E-state index in [1.54, 1.807) is 0 Å². The summed E-state index contributed by atoms with van der Waals surface area (Å²) < 4.78 is 5.48. The summed E-state index contributed by atoms with van der Waals surface area (Å²) in [5.41, 5.74) is 0. The van der Waals surface area contributed by atoms with E-state index >= 15 is 0 Å². The fourth-order valence-electron chi connectivity index (χ4n) is 2.87. The molecule has 148 valence electrons. The zero-order valence-corrected chi connectivity index (χ0v) is 15.9. The Morgan fingerprint density at radius 2 is 2.19 bits per heavy atom. The van der Waals surface area contributed by atoms with Crippen LogP contribution in [0.4, 0.5) is 4.79 Å². The van der Waals surface area contributed by atoms with Crippen molar-refractivity contribution in [2.24, 2.45) is 4.99 Å². The van der Waals surface area contributed by atoms with Crippen LogP contribution in [0.5, 0.6) is 0 Å². The van der Waals surface area contributed by atoms with E-state index in [0.29, 0.717) is 5.11 Å². The molecule has 0 aliphatic carbocycles. The molecule has 0 radical (unpaired) electrons. The number of aliphatic hydroxyl groups excluding tert-OH is 2. The zero-order chi connectivity index (χ0) is 18.9. The van der Waals surface area contributed by atoms with E-state index in [4.69, 9.17) is 22.1 Å². The average Bonchev–Trinajstić information content (AvgIpc) is 2.98. The SMILES string of the molecule is CCCCCCCNC(=S)NC1=NCN(C2CC(O)C(CO)O2)C(=O)N1. The van der Waals surface area contributed by atoms with Gasteiger partial charge in [0, 0.05) is 13.0 Å². The molecule has 3 unspecified atom stereocenters. The molecular formula is C16H29N5O4S. The lowest BCUT2D eigenvalue weighted by atomic mass is 10.1. The first-order valence-electron chi connectivity index (χ1n) is 9.16. The molecule has 0 spiro atoms. The second-order valence-electron chi connectivity index (χ2n) is 6.46. The molecule has 10 heteroatoms. The molecule has 3 atom stereocenters. The van der Waals surface area contributed by atoms with Crippen molar-refractivity contribution in [3.05, 3.63) is 0 Å². The molecule has 0 aromatic carbocycles. The number of nitrogens with zero attached hydrogens (tertiary/aromatic N) is 2. The van der Waals surface area contributed by atoms with Crippen molar-refractivity contribution in [2.75, 3.05) is 19.8 Å². The van der Waals surface area contributed by atoms with Crippen LogP contribution in [-0.4, -0.2) is 70.5 Å². The topological polar surface area (TPSA) is 118 Å². The average molecular weight is 388 g/mol. The predicted molar refractivity (Wildman–Crippen MR) is 102 cm³/mol. The van der Waals surface area contributed by atoms with Gasteiger partial charge in [-0.3, -0.25) is 10.2 Å². The van der Waals surface area contributed by atoms with Crippen molar-refractivity contribution < 1.29 is 19.7 Å². The predicted octanol–water partition coefficient (Wildman–Crippen LogP) is 0.228. The summed E-state index contributed by atoms with van der Waals surface area (Å²) in [7, 11) is 0. The monoisotopic (exact) mass is 387 g/mol. The number of carbonyl (C=O) groups excluding carboxylic acids is 1. The highest BCUT2D eigenvalue weighted by Gasteiger charge is 2.39. The number of carbonyl (C=O) groups is 1. The number of thiocarbonyl (C=S) groups is 1. The molecule has 1 fully saturated rings. The molecule has 2 amide bonds. The molecule has 26 heavy (non-hydrogen) atoms. The minimum atomic E-state index is -0.796. The van der Waals surface area contributed by atoms with Crippen LogP contribution in [0.2, 0.25) is 0 Å². The normalized spacial score (nSPS) is 25.7. The molecule has 0 bridgehead atoms. The summed E-state index contributed by atoms with van der Waals surface area (Å²) in [6.45, 7) is 2.76. The van der Waals surface area contributed by atoms with Crippen molar-refractivity contribution in [3.8, 4) is 0 Å². The molecular weight excluding hydrogens is 358 g/mol. The molecule has 2 aliphatic heterocycles. The minimum Gasteiger partial charge on any atom is -0.394 e. The molecule has 0 saturated carbocycles. The maximum absolute atomic E-state index is 12.2. The number of urea groups is 1. The third-order valence-corrected chi connectivity index (χ3v) is 4.64. The van der Waals surface area contributed by atoms with Gasteiger partial charge in [-0.05, 0) is 18.6 Å². The highest BCUT2D eigenvalue weighted by atomic mass is 32.1. The second-order valence-corrected chi connectivity index (χ2v) is 6.87. The number of unbranched alkanes of at least 4 members (excludes halogenated alkanes) is 4. The number of hydrogen-bond acceptors (Lipinski definition) is 6. The summed E-state index contributed by atoms with van der Waals surface area (Å²) in [5.74, 6) is 0.284.